The summed E-state index contributed by atoms with van der Waals surface area (Å²) in [5.74, 6) is -0.720. The van der Waals surface area contributed by atoms with Crippen molar-refractivity contribution >= 4 is 33.4 Å². The Morgan fingerprint density at radius 1 is 1.33 bits per heavy atom. The summed E-state index contributed by atoms with van der Waals surface area (Å²) >= 11 is 1.68. The van der Waals surface area contributed by atoms with Gasteiger partial charge in [0.05, 0.1) is 21.6 Å². The Labute approximate surface area is 126 Å². The molecule has 1 atom stereocenters. The van der Waals surface area contributed by atoms with E-state index in [9.17, 15) is 9.59 Å². The number of carboxylic acid groups (broad SMARTS) is 1. The fourth-order valence-corrected chi connectivity index (χ4v) is 3.72. The Bertz CT molecular complexity index is 649. The quantitative estimate of drug-likeness (QED) is 0.942. The summed E-state index contributed by atoms with van der Waals surface area (Å²) in [6.07, 6.45) is 0.891. The van der Waals surface area contributed by atoms with E-state index < -0.39 is 5.97 Å². The highest BCUT2D eigenvalue weighted by Crippen LogP contribution is 2.33. The number of carboxylic acids is 1. The molecule has 0 spiro atoms. The number of aromatic nitrogens is 1. The molecule has 1 fully saturated rings. The number of fused-ring (bicyclic) bond motifs is 1. The van der Waals surface area contributed by atoms with Crippen LogP contribution in [0, 0.1) is 0 Å². The Hall–Kier alpha value is -1.95. The van der Waals surface area contributed by atoms with E-state index in [-0.39, 0.29) is 24.7 Å². The molecule has 21 heavy (non-hydrogen) atoms. The smallest absolute Gasteiger partial charge is 0.303 e. The fourth-order valence-electron chi connectivity index (χ4n) is 2.62. The first kappa shape index (κ1) is 14.0. The average molecular weight is 304 g/mol. The third kappa shape index (κ3) is 3.05. The fraction of sp³-hybridized carbons (Fsp3) is 0.400. The second-order valence-corrected chi connectivity index (χ2v) is 6.30. The second kappa shape index (κ2) is 5.81. The molecule has 1 aromatic carbocycles. The summed E-state index contributed by atoms with van der Waals surface area (Å²) in [6.45, 7) is 1.34. The maximum atomic E-state index is 11.9. The number of aliphatic carboxylic acids is 1. The summed E-state index contributed by atoms with van der Waals surface area (Å²) in [5, 5.41) is 9.71. The van der Waals surface area contributed by atoms with Gasteiger partial charge in [0.25, 0.3) is 0 Å². The van der Waals surface area contributed by atoms with E-state index in [0.29, 0.717) is 13.1 Å². The topological polar surface area (TPSA) is 70.5 Å². The summed E-state index contributed by atoms with van der Waals surface area (Å²) in [7, 11) is 0. The van der Waals surface area contributed by atoms with E-state index in [1.54, 1.807) is 16.2 Å². The van der Waals surface area contributed by atoms with Gasteiger partial charge >= 0.3 is 5.97 Å². The van der Waals surface area contributed by atoms with Crippen LogP contribution in [0.3, 0.4) is 0 Å². The van der Waals surface area contributed by atoms with Crippen molar-refractivity contribution in [3.8, 4) is 0 Å². The van der Waals surface area contributed by atoms with Gasteiger partial charge < -0.3 is 10.0 Å². The number of likely N-dealkylation sites (tertiary alicyclic amines) is 1. The third-order valence-electron chi connectivity index (χ3n) is 3.75. The minimum atomic E-state index is -0.926. The van der Waals surface area contributed by atoms with Gasteiger partial charge in [0.1, 0.15) is 0 Å². The van der Waals surface area contributed by atoms with Gasteiger partial charge in [0.15, 0.2) is 0 Å². The number of para-hydroxylation sites is 1. The first-order valence-corrected chi connectivity index (χ1v) is 7.80. The molecular formula is C15H16N2O3S. The van der Waals surface area contributed by atoms with Crippen molar-refractivity contribution in [2.24, 2.45) is 0 Å². The van der Waals surface area contributed by atoms with Crippen LogP contribution in [0.15, 0.2) is 24.3 Å². The molecule has 3 rings (SSSR count). The van der Waals surface area contributed by atoms with Crippen LogP contribution in [-0.2, 0) is 9.59 Å². The largest absolute Gasteiger partial charge is 0.481 e. The third-order valence-corrected chi connectivity index (χ3v) is 4.95. The molecule has 0 radical (unpaired) electrons. The number of hydrogen-bond acceptors (Lipinski definition) is 4. The molecule has 2 heterocycles. The summed E-state index contributed by atoms with van der Waals surface area (Å²) in [4.78, 5) is 28.9. The number of hydrogen-bond donors (Lipinski definition) is 1. The van der Waals surface area contributed by atoms with Crippen LogP contribution in [-0.4, -0.2) is 40.0 Å². The SMILES string of the molecule is O=C(O)CCC(=O)N1CC[C@H](c2nc3ccccc3s2)C1. The van der Waals surface area contributed by atoms with Gasteiger partial charge in [-0.25, -0.2) is 4.98 Å². The van der Waals surface area contributed by atoms with E-state index in [1.165, 1.54) is 4.70 Å². The summed E-state index contributed by atoms with van der Waals surface area (Å²) in [5.41, 5.74) is 1.01. The highest BCUT2D eigenvalue weighted by molar-refractivity contribution is 7.18. The van der Waals surface area contributed by atoms with Crippen molar-refractivity contribution < 1.29 is 14.7 Å². The van der Waals surface area contributed by atoms with Crippen LogP contribution in [0.4, 0.5) is 0 Å². The highest BCUT2D eigenvalue weighted by Gasteiger charge is 2.29. The maximum Gasteiger partial charge on any atom is 0.303 e. The number of carbonyl (C=O) groups is 2. The minimum absolute atomic E-state index is 0.0685. The van der Waals surface area contributed by atoms with Gasteiger partial charge in [-0.05, 0) is 18.6 Å². The van der Waals surface area contributed by atoms with Crippen LogP contribution in [0.1, 0.15) is 30.2 Å². The Morgan fingerprint density at radius 3 is 2.90 bits per heavy atom. The Kier molecular flexibility index (Phi) is 3.88. The van der Waals surface area contributed by atoms with Crippen LogP contribution < -0.4 is 0 Å². The highest BCUT2D eigenvalue weighted by atomic mass is 32.1. The molecule has 1 amide bonds. The summed E-state index contributed by atoms with van der Waals surface area (Å²) in [6, 6.07) is 8.03. The Morgan fingerprint density at radius 2 is 2.14 bits per heavy atom. The molecular weight excluding hydrogens is 288 g/mol. The lowest BCUT2D eigenvalue weighted by molar-refractivity contribution is -0.140. The summed E-state index contributed by atoms with van der Waals surface area (Å²) < 4.78 is 1.17. The molecule has 1 aromatic heterocycles. The molecule has 0 unspecified atom stereocenters. The van der Waals surface area contributed by atoms with Crippen molar-refractivity contribution in [3.05, 3.63) is 29.3 Å². The lowest BCUT2D eigenvalue weighted by Crippen LogP contribution is -2.28. The number of nitrogens with zero attached hydrogens (tertiary/aromatic N) is 2. The molecule has 0 bridgehead atoms. The monoisotopic (exact) mass is 304 g/mol. The number of amides is 1. The number of benzene rings is 1. The van der Waals surface area contributed by atoms with Gasteiger partial charge in [0.2, 0.25) is 5.91 Å². The zero-order chi connectivity index (χ0) is 14.8. The van der Waals surface area contributed by atoms with Gasteiger partial charge in [-0.1, -0.05) is 12.1 Å². The zero-order valence-corrected chi connectivity index (χ0v) is 12.3. The number of rotatable bonds is 4. The van der Waals surface area contributed by atoms with E-state index in [2.05, 4.69) is 11.1 Å². The van der Waals surface area contributed by atoms with E-state index >= 15 is 0 Å². The Balaban J connectivity index is 1.66. The normalized spacial score (nSPS) is 18.3. The van der Waals surface area contributed by atoms with Crippen LogP contribution in [0.2, 0.25) is 0 Å². The molecule has 5 nitrogen and oxygen atoms in total. The molecule has 0 aliphatic carbocycles. The lowest BCUT2D eigenvalue weighted by Gasteiger charge is -2.15. The van der Waals surface area contributed by atoms with Crippen molar-refractivity contribution in [1.82, 2.24) is 9.88 Å². The minimum Gasteiger partial charge on any atom is -0.481 e. The lowest BCUT2D eigenvalue weighted by atomic mass is 10.1. The molecule has 1 saturated heterocycles. The molecule has 6 heteroatoms. The number of thiazole rings is 1. The standard InChI is InChI=1S/C15H16N2O3S/c18-13(5-6-14(19)20)17-8-7-10(9-17)15-16-11-3-1-2-4-12(11)21-15/h1-4,10H,5-9H2,(H,19,20)/t10-/m0/s1. The van der Waals surface area contributed by atoms with Crippen LogP contribution >= 0.6 is 11.3 Å². The molecule has 1 aliphatic rings. The van der Waals surface area contributed by atoms with E-state index in [1.807, 2.05) is 18.2 Å². The van der Waals surface area contributed by atoms with E-state index in [0.717, 1.165) is 16.9 Å². The van der Waals surface area contributed by atoms with Gasteiger partial charge in [-0.15, -0.1) is 11.3 Å². The van der Waals surface area contributed by atoms with Crippen molar-refractivity contribution in [2.45, 2.75) is 25.2 Å². The van der Waals surface area contributed by atoms with Crippen molar-refractivity contribution in [1.29, 1.82) is 0 Å². The van der Waals surface area contributed by atoms with Crippen LogP contribution in [0.25, 0.3) is 10.2 Å². The van der Waals surface area contributed by atoms with Gasteiger partial charge in [-0.3, -0.25) is 9.59 Å². The molecule has 2 aromatic rings. The predicted octanol–water partition coefficient (Wildman–Crippen LogP) is 2.48. The van der Waals surface area contributed by atoms with Gasteiger partial charge in [0, 0.05) is 25.4 Å². The van der Waals surface area contributed by atoms with Crippen molar-refractivity contribution in [2.75, 3.05) is 13.1 Å². The first-order chi connectivity index (χ1) is 10.1. The molecule has 0 saturated carbocycles. The van der Waals surface area contributed by atoms with E-state index in [4.69, 9.17) is 5.11 Å². The maximum absolute atomic E-state index is 11.9. The molecule has 110 valence electrons. The molecule has 1 aliphatic heterocycles. The first-order valence-electron chi connectivity index (χ1n) is 6.98. The van der Waals surface area contributed by atoms with Crippen molar-refractivity contribution in [3.63, 3.8) is 0 Å². The van der Waals surface area contributed by atoms with Gasteiger partial charge in [-0.2, -0.15) is 0 Å². The average Bonchev–Trinajstić information content (AvgIpc) is 3.10. The van der Waals surface area contributed by atoms with Crippen LogP contribution in [0.5, 0.6) is 0 Å². The predicted molar refractivity (Wildman–Crippen MR) is 80.4 cm³/mol. The zero-order valence-electron chi connectivity index (χ0n) is 11.5. The number of carbonyl (C=O) groups excluding carboxylic acids is 1. The second-order valence-electron chi connectivity index (χ2n) is 5.24. The molecule has 1 N–H and O–H groups in total.